The number of para-hydroxylation sites is 1. The van der Waals surface area contributed by atoms with E-state index in [4.69, 9.17) is 14.3 Å². The summed E-state index contributed by atoms with van der Waals surface area (Å²) < 4.78 is 10.9. The molecule has 0 aliphatic carbocycles. The SMILES string of the molecule is COc1ccc([C@H]2[C@@H]3C(=O)N(C(C)C)C(=O)[C@H]3ON2c2ccccc2)c(OC)c1. The Labute approximate surface area is 169 Å². The summed E-state index contributed by atoms with van der Waals surface area (Å²) in [5.41, 5.74) is 1.53. The van der Waals surface area contributed by atoms with Gasteiger partial charge >= 0.3 is 0 Å². The molecule has 0 unspecified atom stereocenters. The highest BCUT2D eigenvalue weighted by Crippen LogP contribution is 2.49. The van der Waals surface area contributed by atoms with Crippen molar-refractivity contribution in [3.8, 4) is 11.5 Å². The molecule has 0 radical (unpaired) electrons. The number of ether oxygens (including phenoxy) is 2. The number of imide groups is 1. The fourth-order valence-electron chi connectivity index (χ4n) is 4.12. The van der Waals surface area contributed by atoms with Crippen LogP contribution in [0.2, 0.25) is 0 Å². The van der Waals surface area contributed by atoms with E-state index in [0.29, 0.717) is 11.5 Å². The second-order valence-electron chi connectivity index (χ2n) is 7.41. The number of benzene rings is 2. The average Bonchev–Trinajstić information content (AvgIpc) is 3.24. The monoisotopic (exact) mass is 396 g/mol. The molecule has 2 aliphatic heterocycles. The lowest BCUT2D eigenvalue weighted by Crippen LogP contribution is -2.41. The van der Waals surface area contributed by atoms with Gasteiger partial charge in [0.05, 0.1) is 25.9 Å². The molecular formula is C22H24N2O5. The summed E-state index contributed by atoms with van der Waals surface area (Å²) in [4.78, 5) is 33.6. The molecule has 0 spiro atoms. The molecule has 3 atom stereocenters. The standard InChI is InChI=1S/C22H24N2O5/c1-13(2)23-21(25)18-19(16-11-10-15(27-3)12-17(16)28-4)24(29-20(18)22(23)26)14-8-6-5-7-9-14/h5-13,18-20H,1-4H3/t18-,19-,20-/m0/s1. The first-order valence-electron chi connectivity index (χ1n) is 9.57. The Balaban J connectivity index is 1.84. The molecule has 4 rings (SSSR count). The number of fused-ring (bicyclic) bond motifs is 1. The van der Waals surface area contributed by atoms with Crippen LogP contribution in [0, 0.1) is 5.92 Å². The van der Waals surface area contributed by atoms with E-state index in [9.17, 15) is 9.59 Å². The van der Waals surface area contributed by atoms with Gasteiger partial charge in [0.15, 0.2) is 6.10 Å². The van der Waals surface area contributed by atoms with Crippen molar-refractivity contribution in [2.24, 2.45) is 5.92 Å². The Kier molecular flexibility index (Phi) is 4.92. The van der Waals surface area contributed by atoms with Gasteiger partial charge < -0.3 is 9.47 Å². The number of hydroxylamine groups is 1. The Hall–Kier alpha value is -3.06. The van der Waals surface area contributed by atoms with Crippen LogP contribution in [0.4, 0.5) is 5.69 Å². The summed E-state index contributed by atoms with van der Waals surface area (Å²) in [7, 11) is 3.15. The number of anilines is 1. The molecule has 2 saturated heterocycles. The van der Waals surface area contributed by atoms with Gasteiger partial charge in [0.2, 0.25) is 5.91 Å². The zero-order valence-electron chi connectivity index (χ0n) is 16.9. The van der Waals surface area contributed by atoms with Crippen molar-refractivity contribution in [2.75, 3.05) is 19.3 Å². The highest BCUT2D eigenvalue weighted by molar-refractivity contribution is 6.08. The number of hydrogen-bond donors (Lipinski definition) is 0. The van der Waals surface area contributed by atoms with Gasteiger partial charge in [-0.3, -0.25) is 19.3 Å². The topological polar surface area (TPSA) is 68.3 Å². The quantitative estimate of drug-likeness (QED) is 0.724. The fraction of sp³-hybridized carbons (Fsp3) is 0.364. The normalized spacial score (nSPS) is 23.7. The molecule has 2 amide bonds. The zero-order chi connectivity index (χ0) is 20.7. The fourth-order valence-corrected chi connectivity index (χ4v) is 4.12. The molecular weight excluding hydrogens is 372 g/mol. The van der Waals surface area contributed by atoms with Crippen LogP contribution >= 0.6 is 0 Å². The van der Waals surface area contributed by atoms with Crippen LogP contribution in [-0.2, 0) is 14.4 Å². The molecule has 2 heterocycles. The van der Waals surface area contributed by atoms with Crippen LogP contribution in [0.15, 0.2) is 48.5 Å². The lowest BCUT2D eigenvalue weighted by atomic mass is 9.90. The van der Waals surface area contributed by atoms with E-state index in [0.717, 1.165) is 11.3 Å². The summed E-state index contributed by atoms with van der Waals surface area (Å²) in [5, 5.41) is 1.66. The Morgan fingerprint density at radius 2 is 1.69 bits per heavy atom. The van der Waals surface area contributed by atoms with Gasteiger partial charge in [0.1, 0.15) is 17.4 Å². The van der Waals surface area contributed by atoms with E-state index in [1.807, 2.05) is 56.3 Å². The third kappa shape index (κ3) is 3.02. The predicted molar refractivity (Wildman–Crippen MR) is 107 cm³/mol. The van der Waals surface area contributed by atoms with Crippen molar-refractivity contribution in [3.05, 3.63) is 54.1 Å². The van der Waals surface area contributed by atoms with E-state index in [1.54, 1.807) is 25.3 Å². The molecule has 7 nitrogen and oxygen atoms in total. The summed E-state index contributed by atoms with van der Waals surface area (Å²) in [6, 6.07) is 14.2. The summed E-state index contributed by atoms with van der Waals surface area (Å²) >= 11 is 0. The first kappa shape index (κ1) is 19.3. The van der Waals surface area contributed by atoms with Gasteiger partial charge in [-0.15, -0.1) is 0 Å². The Morgan fingerprint density at radius 3 is 2.31 bits per heavy atom. The van der Waals surface area contributed by atoms with Gasteiger partial charge in [-0.2, -0.15) is 0 Å². The number of hydrogen-bond acceptors (Lipinski definition) is 6. The predicted octanol–water partition coefficient (Wildman–Crippen LogP) is 2.96. The van der Waals surface area contributed by atoms with E-state index in [1.165, 1.54) is 4.90 Å². The summed E-state index contributed by atoms with van der Waals surface area (Å²) in [5.74, 6) is 0.0300. The largest absolute Gasteiger partial charge is 0.497 e. The average molecular weight is 396 g/mol. The highest BCUT2D eigenvalue weighted by atomic mass is 16.7. The van der Waals surface area contributed by atoms with Crippen LogP contribution in [0.5, 0.6) is 11.5 Å². The number of amides is 2. The second kappa shape index (κ2) is 7.40. The van der Waals surface area contributed by atoms with Crippen molar-refractivity contribution < 1.29 is 23.9 Å². The molecule has 0 N–H and O–H groups in total. The maximum atomic E-state index is 13.3. The number of carbonyl (C=O) groups is 2. The van der Waals surface area contributed by atoms with Crippen molar-refractivity contribution in [1.29, 1.82) is 0 Å². The van der Waals surface area contributed by atoms with Crippen LogP contribution in [0.1, 0.15) is 25.5 Å². The van der Waals surface area contributed by atoms with Crippen molar-refractivity contribution in [2.45, 2.75) is 32.0 Å². The third-order valence-corrected chi connectivity index (χ3v) is 5.44. The Morgan fingerprint density at radius 1 is 0.966 bits per heavy atom. The van der Waals surface area contributed by atoms with Gasteiger partial charge in [-0.1, -0.05) is 18.2 Å². The number of carbonyl (C=O) groups excluding carboxylic acids is 2. The van der Waals surface area contributed by atoms with E-state index < -0.39 is 18.1 Å². The Bertz CT molecular complexity index is 930. The van der Waals surface area contributed by atoms with E-state index >= 15 is 0 Å². The van der Waals surface area contributed by atoms with Gasteiger partial charge in [0, 0.05) is 17.7 Å². The minimum absolute atomic E-state index is 0.226. The molecule has 29 heavy (non-hydrogen) atoms. The van der Waals surface area contributed by atoms with Crippen LogP contribution < -0.4 is 14.5 Å². The maximum Gasteiger partial charge on any atom is 0.262 e. The molecule has 2 aromatic rings. The summed E-state index contributed by atoms with van der Waals surface area (Å²) in [6.45, 7) is 3.66. The first-order valence-corrected chi connectivity index (χ1v) is 9.57. The molecule has 0 bridgehead atoms. The van der Waals surface area contributed by atoms with E-state index in [2.05, 4.69) is 0 Å². The van der Waals surface area contributed by atoms with Gasteiger partial charge in [0.25, 0.3) is 5.91 Å². The highest BCUT2D eigenvalue weighted by Gasteiger charge is 2.60. The number of rotatable bonds is 5. The number of nitrogens with zero attached hydrogens (tertiary/aromatic N) is 2. The van der Waals surface area contributed by atoms with Crippen molar-refractivity contribution in [1.82, 2.24) is 4.90 Å². The van der Waals surface area contributed by atoms with Crippen molar-refractivity contribution in [3.63, 3.8) is 0 Å². The first-order chi connectivity index (χ1) is 14.0. The second-order valence-corrected chi connectivity index (χ2v) is 7.41. The van der Waals surface area contributed by atoms with Gasteiger partial charge in [-0.25, -0.2) is 5.06 Å². The smallest absolute Gasteiger partial charge is 0.262 e. The summed E-state index contributed by atoms with van der Waals surface area (Å²) in [6.07, 6.45) is -0.859. The minimum atomic E-state index is -0.859. The lowest BCUT2D eigenvalue weighted by molar-refractivity contribution is -0.145. The molecule has 152 valence electrons. The maximum absolute atomic E-state index is 13.3. The number of likely N-dealkylation sites (tertiary alicyclic amines) is 1. The molecule has 0 aromatic heterocycles. The molecule has 2 fully saturated rings. The van der Waals surface area contributed by atoms with Gasteiger partial charge in [-0.05, 0) is 38.1 Å². The minimum Gasteiger partial charge on any atom is -0.497 e. The van der Waals surface area contributed by atoms with Crippen LogP contribution in [0.25, 0.3) is 0 Å². The molecule has 2 aromatic carbocycles. The lowest BCUT2D eigenvalue weighted by Gasteiger charge is -2.30. The van der Waals surface area contributed by atoms with E-state index in [-0.39, 0.29) is 17.9 Å². The molecule has 2 aliphatic rings. The van der Waals surface area contributed by atoms with Crippen LogP contribution in [-0.4, -0.2) is 43.1 Å². The molecule has 0 saturated carbocycles. The van der Waals surface area contributed by atoms with Crippen molar-refractivity contribution >= 4 is 17.5 Å². The van der Waals surface area contributed by atoms with Crippen LogP contribution in [0.3, 0.4) is 0 Å². The third-order valence-electron chi connectivity index (χ3n) is 5.44. The number of methoxy groups -OCH3 is 2. The molecule has 7 heteroatoms. The zero-order valence-corrected chi connectivity index (χ0v) is 16.9.